The van der Waals surface area contributed by atoms with E-state index in [4.69, 9.17) is 9.05 Å². The van der Waals surface area contributed by atoms with Crippen LogP contribution in [0.15, 0.2) is 30.3 Å². The number of methoxy groups -OCH3 is 1. The first kappa shape index (κ1) is 14.9. The van der Waals surface area contributed by atoms with Crippen LogP contribution in [-0.2, 0) is 29.8 Å². The summed E-state index contributed by atoms with van der Waals surface area (Å²) in [6.07, 6.45) is -0.915. The molecule has 0 aliphatic carbocycles. The van der Waals surface area contributed by atoms with Gasteiger partial charge in [-0.15, -0.1) is 0 Å². The van der Waals surface area contributed by atoms with Crippen molar-refractivity contribution >= 4 is 13.6 Å². The molecule has 0 aliphatic heterocycles. The van der Waals surface area contributed by atoms with Crippen molar-refractivity contribution in [1.29, 1.82) is 0 Å². The third-order valence-electron chi connectivity index (χ3n) is 2.19. The summed E-state index contributed by atoms with van der Waals surface area (Å²) in [5, 5.41) is 0. The summed E-state index contributed by atoms with van der Waals surface area (Å²) < 4.78 is 26.7. The topological polar surface area (TPSA) is 61.8 Å². The van der Waals surface area contributed by atoms with Crippen LogP contribution in [0.1, 0.15) is 12.5 Å². The fourth-order valence-corrected chi connectivity index (χ4v) is 2.40. The number of rotatable bonds is 6. The number of hydrogen-bond acceptors (Lipinski definition) is 5. The minimum atomic E-state index is -3.28. The summed E-state index contributed by atoms with van der Waals surface area (Å²) in [4.78, 5) is 11.1. The quantitative estimate of drug-likeness (QED) is 0.588. The smallest absolute Gasteiger partial charge is 0.335 e. The standard InChI is InChI=1S/C12H17O5P/c1-10(12(13)15-2)17-18(3,14)16-9-11-7-5-4-6-8-11/h4-8,10H,9H2,1-3H3/t10-,18?/m0/s1. The van der Waals surface area contributed by atoms with E-state index in [-0.39, 0.29) is 6.61 Å². The van der Waals surface area contributed by atoms with Crippen molar-refractivity contribution in [2.75, 3.05) is 13.8 Å². The molecule has 1 unspecified atom stereocenters. The maximum absolute atomic E-state index is 12.0. The Kier molecular flexibility index (Phi) is 5.54. The third-order valence-corrected chi connectivity index (χ3v) is 3.49. The molecule has 0 radical (unpaired) electrons. The second-order valence-corrected chi connectivity index (χ2v) is 5.81. The van der Waals surface area contributed by atoms with Gasteiger partial charge in [-0.05, 0) is 12.5 Å². The molecule has 1 rings (SSSR count). The first-order valence-corrected chi connectivity index (χ1v) is 7.46. The predicted octanol–water partition coefficient (Wildman–Crippen LogP) is 2.60. The number of ether oxygens (including phenoxy) is 1. The Morgan fingerprint density at radius 2 is 1.94 bits per heavy atom. The number of esters is 1. The lowest BCUT2D eigenvalue weighted by Gasteiger charge is -2.17. The average Bonchev–Trinajstić information content (AvgIpc) is 2.36. The van der Waals surface area contributed by atoms with Gasteiger partial charge in [0.05, 0.1) is 13.7 Å². The SMILES string of the molecule is COC(=O)[C@H](C)OP(C)(=O)OCc1ccccc1. The highest BCUT2D eigenvalue weighted by Crippen LogP contribution is 2.46. The fraction of sp³-hybridized carbons (Fsp3) is 0.417. The van der Waals surface area contributed by atoms with E-state index in [1.54, 1.807) is 0 Å². The van der Waals surface area contributed by atoms with E-state index in [9.17, 15) is 9.36 Å². The molecule has 0 fully saturated rings. The molecule has 1 aromatic rings. The summed E-state index contributed by atoms with van der Waals surface area (Å²) in [6, 6.07) is 9.30. The second-order valence-electron chi connectivity index (χ2n) is 3.80. The molecule has 0 saturated carbocycles. The highest BCUT2D eigenvalue weighted by Gasteiger charge is 2.25. The van der Waals surface area contributed by atoms with E-state index >= 15 is 0 Å². The first-order chi connectivity index (χ1) is 8.44. The maximum Gasteiger partial charge on any atom is 0.335 e. The van der Waals surface area contributed by atoms with E-state index < -0.39 is 19.7 Å². The molecule has 0 aliphatic rings. The Morgan fingerprint density at radius 3 is 2.50 bits per heavy atom. The summed E-state index contributed by atoms with van der Waals surface area (Å²) in [7, 11) is -2.04. The van der Waals surface area contributed by atoms with Gasteiger partial charge in [-0.1, -0.05) is 30.3 Å². The first-order valence-electron chi connectivity index (χ1n) is 5.47. The molecule has 6 heteroatoms. The lowest BCUT2D eigenvalue weighted by Crippen LogP contribution is -2.21. The van der Waals surface area contributed by atoms with Gasteiger partial charge in [-0.3, -0.25) is 9.09 Å². The molecule has 100 valence electrons. The van der Waals surface area contributed by atoms with Gasteiger partial charge in [0, 0.05) is 6.66 Å². The summed E-state index contributed by atoms with van der Waals surface area (Å²) >= 11 is 0. The molecule has 0 N–H and O–H groups in total. The van der Waals surface area contributed by atoms with E-state index in [1.165, 1.54) is 20.7 Å². The molecule has 0 saturated heterocycles. The highest BCUT2D eigenvalue weighted by molar-refractivity contribution is 7.53. The Hall–Kier alpha value is -1.16. The number of carbonyl (C=O) groups is 1. The van der Waals surface area contributed by atoms with Gasteiger partial charge in [0.1, 0.15) is 0 Å². The fourth-order valence-electron chi connectivity index (χ4n) is 1.29. The van der Waals surface area contributed by atoms with Crippen LogP contribution >= 0.6 is 7.60 Å². The van der Waals surface area contributed by atoms with Crippen molar-refractivity contribution < 1.29 is 23.1 Å². The van der Waals surface area contributed by atoms with Gasteiger partial charge in [0.15, 0.2) is 6.10 Å². The number of benzene rings is 1. The van der Waals surface area contributed by atoms with Crippen LogP contribution in [0.5, 0.6) is 0 Å². The van der Waals surface area contributed by atoms with Gasteiger partial charge in [0.2, 0.25) is 0 Å². The van der Waals surface area contributed by atoms with Crippen molar-refractivity contribution in [3.63, 3.8) is 0 Å². The Labute approximate surface area is 107 Å². The van der Waals surface area contributed by atoms with Crippen molar-refractivity contribution in [2.24, 2.45) is 0 Å². The van der Waals surface area contributed by atoms with E-state index in [2.05, 4.69) is 4.74 Å². The third kappa shape index (κ3) is 5.00. The van der Waals surface area contributed by atoms with Gasteiger partial charge >= 0.3 is 13.6 Å². The Morgan fingerprint density at radius 1 is 1.33 bits per heavy atom. The van der Waals surface area contributed by atoms with Crippen LogP contribution in [0.25, 0.3) is 0 Å². The van der Waals surface area contributed by atoms with E-state index in [1.807, 2.05) is 30.3 Å². The summed E-state index contributed by atoms with van der Waals surface area (Å²) in [6.45, 7) is 2.96. The molecular weight excluding hydrogens is 255 g/mol. The molecule has 5 nitrogen and oxygen atoms in total. The van der Waals surface area contributed by atoms with Gasteiger partial charge in [0.25, 0.3) is 0 Å². The van der Waals surface area contributed by atoms with Crippen LogP contribution < -0.4 is 0 Å². The van der Waals surface area contributed by atoms with Crippen LogP contribution in [0.4, 0.5) is 0 Å². The zero-order valence-electron chi connectivity index (χ0n) is 10.7. The molecule has 0 bridgehead atoms. The Bertz CT molecular complexity index is 431. The van der Waals surface area contributed by atoms with Crippen LogP contribution in [-0.4, -0.2) is 25.8 Å². The van der Waals surface area contributed by atoms with Crippen molar-refractivity contribution in [1.82, 2.24) is 0 Å². The highest BCUT2D eigenvalue weighted by atomic mass is 31.2. The Balaban J connectivity index is 2.50. The largest absolute Gasteiger partial charge is 0.467 e. The van der Waals surface area contributed by atoms with Gasteiger partial charge in [-0.2, -0.15) is 0 Å². The number of carbonyl (C=O) groups excluding carboxylic acids is 1. The second kappa shape index (κ2) is 6.69. The monoisotopic (exact) mass is 272 g/mol. The minimum absolute atomic E-state index is 0.169. The summed E-state index contributed by atoms with van der Waals surface area (Å²) in [5.74, 6) is -0.583. The predicted molar refractivity (Wildman–Crippen MR) is 67.3 cm³/mol. The van der Waals surface area contributed by atoms with Crippen molar-refractivity contribution in [3.8, 4) is 0 Å². The average molecular weight is 272 g/mol. The van der Waals surface area contributed by atoms with Crippen molar-refractivity contribution in [2.45, 2.75) is 19.6 Å². The molecule has 0 amide bonds. The lowest BCUT2D eigenvalue weighted by molar-refractivity contribution is -0.148. The van der Waals surface area contributed by atoms with E-state index in [0.29, 0.717) is 0 Å². The molecule has 0 aromatic heterocycles. The zero-order chi connectivity index (χ0) is 13.6. The van der Waals surface area contributed by atoms with Crippen molar-refractivity contribution in [3.05, 3.63) is 35.9 Å². The van der Waals surface area contributed by atoms with Gasteiger partial charge in [-0.25, -0.2) is 4.79 Å². The molecule has 18 heavy (non-hydrogen) atoms. The molecular formula is C12H17O5P. The molecule has 0 heterocycles. The summed E-state index contributed by atoms with van der Waals surface area (Å²) in [5.41, 5.74) is 0.883. The lowest BCUT2D eigenvalue weighted by atomic mass is 10.2. The van der Waals surface area contributed by atoms with Crippen LogP contribution in [0.2, 0.25) is 0 Å². The molecule has 1 aromatic carbocycles. The zero-order valence-corrected chi connectivity index (χ0v) is 11.6. The van der Waals surface area contributed by atoms with E-state index in [0.717, 1.165) is 5.56 Å². The molecule has 2 atom stereocenters. The number of hydrogen-bond donors (Lipinski definition) is 0. The minimum Gasteiger partial charge on any atom is -0.467 e. The maximum atomic E-state index is 12.0. The molecule has 0 spiro atoms. The van der Waals surface area contributed by atoms with Gasteiger partial charge < -0.3 is 9.26 Å². The van der Waals surface area contributed by atoms with Crippen LogP contribution in [0, 0.1) is 0 Å². The van der Waals surface area contributed by atoms with Crippen LogP contribution in [0.3, 0.4) is 0 Å². The normalized spacial score (nSPS) is 15.7.